The molecule has 1 aromatic rings. The second-order valence-corrected chi connectivity index (χ2v) is 8.40. The Morgan fingerprint density at radius 3 is 3.04 bits per heavy atom. The highest BCUT2D eigenvalue weighted by Crippen LogP contribution is 2.40. The third-order valence-electron chi connectivity index (χ3n) is 5.94. The van der Waals surface area contributed by atoms with Gasteiger partial charge in [-0.15, -0.1) is 11.3 Å². The molecule has 2 unspecified atom stereocenters. The van der Waals surface area contributed by atoms with E-state index in [9.17, 15) is 4.79 Å². The molecule has 132 valence electrons. The Kier molecular flexibility index (Phi) is 4.88. The molecule has 6 heteroatoms. The lowest BCUT2D eigenvalue weighted by molar-refractivity contribution is -0.133. The standard InChI is InChI=1S/C18H27N3O2S/c22-17-4-6-18(21(17)13-15-3-1-11-23-15)5-2-9-20(10-7-18)14-16-19-8-12-24-16/h8,12,15H,1-7,9-11,13-14H2. The van der Waals surface area contributed by atoms with Gasteiger partial charge in [0.05, 0.1) is 12.6 Å². The van der Waals surface area contributed by atoms with Crippen molar-refractivity contribution in [3.05, 3.63) is 16.6 Å². The highest BCUT2D eigenvalue weighted by molar-refractivity contribution is 7.09. The van der Waals surface area contributed by atoms with Crippen LogP contribution >= 0.6 is 11.3 Å². The van der Waals surface area contributed by atoms with Crippen molar-refractivity contribution in [2.24, 2.45) is 0 Å². The molecule has 0 radical (unpaired) electrons. The van der Waals surface area contributed by atoms with Crippen LogP contribution in [0.25, 0.3) is 0 Å². The fourth-order valence-electron chi connectivity index (χ4n) is 4.60. The summed E-state index contributed by atoms with van der Waals surface area (Å²) in [7, 11) is 0. The monoisotopic (exact) mass is 349 g/mol. The zero-order valence-electron chi connectivity index (χ0n) is 14.3. The van der Waals surface area contributed by atoms with Crippen LogP contribution in [0.4, 0.5) is 0 Å². The molecule has 2 atom stereocenters. The first-order chi connectivity index (χ1) is 11.8. The Morgan fingerprint density at radius 2 is 2.25 bits per heavy atom. The molecule has 1 amide bonds. The molecule has 3 aliphatic heterocycles. The minimum Gasteiger partial charge on any atom is -0.376 e. The first-order valence-corrected chi connectivity index (χ1v) is 10.2. The summed E-state index contributed by atoms with van der Waals surface area (Å²) in [5, 5.41) is 3.25. The van der Waals surface area contributed by atoms with Crippen LogP contribution in [0.2, 0.25) is 0 Å². The van der Waals surface area contributed by atoms with E-state index in [1.807, 2.05) is 11.6 Å². The molecule has 3 aliphatic rings. The quantitative estimate of drug-likeness (QED) is 0.838. The van der Waals surface area contributed by atoms with Crippen LogP contribution in [0, 0.1) is 0 Å². The second-order valence-electron chi connectivity index (χ2n) is 7.42. The molecule has 3 saturated heterocycles. The fraction of sp³-hybridized carbons (Fsp3) is 0.778. The van der Waals surface area contributed by atoms with Crippen LogP contribution in [-0.4, -0.2) is 58.6 Å². The third-order valence-corrected chi connectivity index (χ3v) is 6.70. The molecular formula is C18H27N3O2S. The number of ether oxygens (including phenoxy) is 1. The minimum atomic E-state index is 0.0840. The summed E-state index contributed by atoms with van der Waals surface area (Å²) < 4.78 is 5.81. The van der Waals surface area contributed by atoms with E-state index >= 15 is 0 Å². The molecule has 0 N–H and O–H groups in total. The Balaban J connectivity index is 1.42. The van der Waals surface area contributed by atoms with Crippen molar-refractivity contribution in [1.82, 2.24) is 14.8 Å². The smallest absolute Gasteiger partial charge is 0.223 e. The lowest BCUT2D eigenvalue weighted by Gasteiger charge is -2.39. The van der Waals surface area contributed by atoms with Gasteiger partial charge in [-0.3, -0.25) is 9.69 Å². The molecular weight excluding hydrogens is 322 g/mol. The molecule has 0 bridgehead atoms. The number of nitrogens with zero attached hydrogens (tertiary/aromatic N) is 3. The maximum atomic E-state index is 12.5. The lowest BCUT2D eigenvalue weighted by atomic mass is 9.87. The van der Waals surface area contributed by atoms with E-state index < -0.39 is 0 Å². The molecule has 1 spiro atoms. The number of hydrogen-bond donors (Lipinski definition) is 0. The van der Waals surface area contributed by atoms with Crippen LogP contribution in [0.15, 0.2) is 11.6 Å². The highest BCUT2D eigenvalue weighted by Gasteiger charge is 2.46. The SMILES string of the molecule is O=C1CCC2(CCCN(Cc3nccs3)CC2)N1CC1CCCO1. The Hall–Kier alpha value is -0.980. The molecule has 0 saturated carbocycles. The van der Waals surface area contributed by atoms with Crippen LogP contribution in [-0.2, 0) is 16.1 Å². The summed E-state index contributed by atoms with van der Waals surface area (Å²) in [6.07, 6.45) is 9.55. The van der Waals surface area contributed by atoms with Crippen LogP contribution in [0.5, 0.6) is 0 Å². The molecule has 4 heterocycles. The number of hydrogen-bond acceptors (Lipinski definition) is 5. The Morgan fingerprint density at radius 1 is 1.29 bits per heavy atom. The van der Waals surface area contributed by atoms with Gasteiger partial charge in [-0.05, 0) is 45.1 Å². The zero-order chi connectivity index (χ0) is 16.4. The highest BCUT2D eigenvalue weighted by atomic mass is 32.1. The average Bonchev–Trinajstić information content (AvgIpc) is 3.29. The molecule has 4 rings (SSSR count). The van der Waals surface area contributed by atoms with E-state index in [-0.39, 0.29) is 11.6 Å². The number of likely N-dealkylation sites (tertiary alicyclic amines) is 2. The van der Waals surface area contributed by atoms with Crippen LogP contribution in [0.3, 0.4) is 0 Å². The molecule has 0 aliphatic carbocycles. The van der Waals surface area contributed by atoms with Gasteiger partial charge in [-0.2, -0.15) is 0 Å². The van der Waals surface area contributed by atoms with Gasteiger partial charge in [0.1, 0.15) is 5.01 Å². The first-order valence-electron chi connectivity index (χ1n) is 9.28. The van der Waals surface area contributed by atoms with Gasteiger partial charge in [0.25, 0.3) is 0 Å². The summed E-state index contributed by atoms with van der Waals surface area (Å²) in [5.74, 6) is 0.346. The normalized spacial score (nSPS) is 31.9. The Bertz CT molecular complexity index is 559. The molecule has 5 nitrogen and oxygen atoms in total. The topological polar surface area (TPSA) is 45.7 Å². The summed E-state index contributed by atoms with van der Waals surface area (Å²) in [5.41, 5.74) is 0.0840. The number of aromatic nitrogens is 1. The van der Waals surface area contributed by atoms with Gasteiger partial charge in [-0.25, -0.2) is 4.98 Å². The van der Waals surface area contributed by atoms with E-state index in [2.05, 4.69) is 14.8 Å². The van der Waals surface area contributed by atoms with Gasteiger partial charge in [-0.1, -0.05) is 0 Å². The summed E-state index contributed by atoms with van der Waals surface area (Å²) in [6.45, 7) is 4.80. The average molecular weight is 350 g/mol. The summed E-state index contributed by atoms with van der Waals surface area (Å²) in [6, 6.07) is 0. The van der Waals surface area contributed by atoms with Crippen molar-refractivity contribution >= 4 is 17.2 Å². The minimum absolute atomic E-state index is 0.0840. The number of amides is 1. The second kappa shape index (κ2) is 7.10. The fourth-order valence-corrected chi connectivity index (χ4v) is 5.25. The van der Waals surface area contributed by atoms with Gasteiger partial charge in [0.2, 0.25) is 5.91 Å². The maximum Gasteiger partial charge on any atom is 0.223 e. The van der Waals surface area contributed by atoms with Crippen LogP contribution in [0.1, 0.15) is 50.0 Å². The number of rotatable bonds is 4. The predicted molar refractivity (Wildman–Crippen MR) is 93.9 cm³/mol. The van der Waals surface area contributed by atoms with Crippen molar-refractivity contribution in [3.8, 4) is 0 Å². The number of carbonyl (C=O) groups is 1. The van der Waals surface area contributed by atoms with E-state index in [0.29, 0.717) is 5.91 Å². The maximum absolute atomic E-state index is 12.5. The van der Waals surface area contributed by atoms with Gasteiger partial charge < -0.3 is 9.64 Å². The van der Waals surface area contributed by atoms with Crippen molar-refractivity contribution in [2.45, 2.75) is 63.1 Å². The van der Waals surface area contributed by atoms with E-state index in [4.69, 9.17) is 4.74 Å². The van der Waals surface area contributed by atoms with Gasteiger partial charge >= 0.3 is 0 Å². The van der Waals surface area contributed by atoms with Crippen LogP contribution < -0.4 is 0 Å². The van der Waals surface area contributed by atoms with Gasteiger partial charge in [0, 0.05) is 43.2 Å². The Labute approximate surface area is 148 Å². The van der Waals surface area contributed by atoms with E-state index in [1.165, 1.54) is 11.4 Å². The van der Waals surface area contributed by atoms with Crippen molar-refractivity contribution in [1.29, 1.82) is 0 Å². The number of carbonyl (C=O) groups excluding carboxylic acids is 1. The van der Waals surface area contributed by atoms with Crippen molar-refractivity contribution < 1.29 is 9.53 Å². The predicted octanol–water partition coefficient (Wildman–Crippen LogP) is 2.67. The van der Waals surface area contributed by atoms with E-state index in [0.717, 1.165) is 71.3 Å². The molecule has 0 aromatic carbocycles. The largest absolute Gasteiger partial charge is 0.376 e. The first kappa shape index (κ1) is 16.5. The number of thiazole rings is 1. The molecule has 3 fully saturated rings. The van der Waals surface area contributed by atoms with Crippen molar-refractivity contribution in [3.63, 3.8) is 0 Å². The molecule has 1 aromatic heterocycles. The third kappa shape index (κ3) is 3.37. The summed E-state index contributed by atoms with van der Waals surface area (Å²) >= 11 is 1.74. The summed E-state index contributed by atoms with van der Waals surface area (Å²) in [4.78, 5) is 21.7. The zero-order valence-corrected chi connectivity index (χ0v) is 15.1. The lowest BCUT2D eigenvalue weighted by Crippen LogP contribution is -2.49. The van der Waals surface area contributed by atoms with Gasteiger partial charge in [0.15, 0.2) is 0 Å². The van der Waals surface area contributed by atoms with Crippen molar-refractivity contribution in [2.75, 3.05) is 26.2 Å². The van der Waals surface area contributed by atoms with E-state index in [1.54, 1.807) is 11.3 Å². The molecule has 24 heavy (non-hydrogen) atoms.